The van der Waals surface area contributed by atoms with Crippen molar-refractivity contribution in [1.82, 2.24) is 19.9 Å². The number of hydrogen-bond acceptors (Lipinski definition) is 6. The van der Waals surface area contributed by atoms with Gasteiger partial charge < -0.3 is 14.4 Å². The fourth-order valence-corrected chi connectivity index (χ4v) is 4.13. The van der Waals surface area contributed by atoms with Gasteiger partial charge in [-0.05, 0) is 25.0 Å². The van der Waals surface area contributed by atoms with E-state index in [4.69, 9.17) is 9.47 Å². The molecule has 2 atom stereocenters. The summed E-state index contributed by atoms with van der Waals surface area (Å²) in [6.45, 7) is 0. The lowest BCUT2D eigenvalue weighted by molar-refractivity contribution is -0.162. The average molecular weight is 338 g/mol. The number of rotatable bonds is 3. The van der Waals surface area contributed by atoms with E-state index in [0.717, 1.165) is 24.3 Å². The molecule has 25 heavy (non-hydrogen) atoms. The molecule has 1 spiro atoms. The summed E-state index contributed by atoms with van der Waals surface area (Å²) in [6.07, 6.45) is 11.1. The summed E-state index contributed by atoms with van der Waals surface area (Å²) in [7, 11) is 0. The number of aromatic nitrogens is 3. The van der Waals surface area contributed by atoms with Gasteiger partial charge in [0.2, 0.25) is 0 Å². The van der Waals surface area contributed by atoms with Crippen LogP contribution in [0.25, 0.3) is 0 Å². The second-order valence-corrected chi connectivity index (χ2v) is 6.84. The van der Waals surface area contributed by atoms with Gasteiger partial charge >= 0.3 is 0 Å². The number of nitrogens with zero attached hydrogens (tertiary/aromatic N) is 4. The highest BCUT2D eigenvalue weighted by atomic mass is 16.6. The molecule has 0 bridgehead atoms. The zero-order valence-electron chi connectivity index (χ0n) is 13.6. The highest BCUT2D eigenvalue weighted by Crippen LogP contribution is 2.51. The lowest BCUT2D eigenvalue weighted by Crippen LogP contribution is -2.56. The molecule has 3 aliphatic rings. The molecule has 0 radical (unpaired) electrons. The van der Waals surface area contributed by atoms with Crippen molar-refractivity contribution in [3.8, 4) is 5.75 Å². The van der Waals surface area contributed by atoms with Crippen molar-refractivity contribution < 1.29 is 14.3 Å². The summed E-state index contributed by atoms with van der Waals surface area (Å²) >= 11 is 0. The van der Waals surface area contributed by atoms with Crippen LogP contribution in [0.4, 0.5) is 0 Å². The number of carbonyl (C=O) groups is 1. The first kappa shape index (κ1) is 14.8. The van der Waals surface area contributed by atoms with Crippen LogP contribution in [0.5, 0.6) is 5.75 Å². The minimum absolute atomic E-state index is 0.0110. The maximum atomic E-state index is 13.1. The fourth-order valence-electron chi connectivity index (χ4n) is 4.13. The van der Waals surface area contributed by atoms with Crippen molar-refractivity contribution >= 4 is 5.91 Å². The first-order valence-corrected chi connectivity index (χ1v) is 8.58. The maximum Gasteiger partial charge on any atom is 0.257 e. The van der Waals surface area contributed by atoms with E-state index in [2.05, 4.69) is 15.0 Å². The van der Waals surface area contributed by atoms with Crippen LogP contribution in [-0.2, 0) is 9.53 Å². The molecule has 5 rings (SSSR count). The topological polar surface area (TPSA) is 77.4 Å². The highest BCUT2D eigenvalue weighted by molar-refractivity contribution is 5.89. The van der Waals surface area contributed by atoms with Crippen LogP contribution in [0.15, 0.2) is 43.1 Å². The SMILES string of the molecule is O=C1N2[C@@H](CC[C@H]2c2cnccn2)OC12CC(Oc1cccnc1)C2. The zero-order chi connectivity index (χ0) is 16.9. The second kappa shape index (κ2) is 5.49. The molecule has 7 heteroatoms. The molecule has 1 amide bonds. The van der Waals surface area contributed by atoms with Crippen LogP contribution in [0, 0.1) is 0 Å². The van der Waals surface area contributed by atoms with Gasteiger partial charge in [0.1, 0.15) is 18.1 Å². The molecule has 1 aliphatic carbocycles. The van der Waals surface area contributed by atoms with E-state index in [9.17, 15) is 4.79 Å². The predicted molar refractivity (Wildman–Crippen MR) is 86.3 cm³/mol. The Morgan fingerprint density at radius 1 is 1.16 bits per heavy atom. The van der Waals surface area contributed by atoms with Crippen molar-refractivity contribution in [2.24, 2.45) is 0 Å². The van der Waals surface area contributed by atoms with Gasteiger partial charge in [-0.1, -0.05) is 0 Å². The van der Waals surface area contributed by atoms with Crippen molar-refractivity contribution in [3.63, 3.8) is 0 Å². The number of ether oxygens (including phenoxy) is 2. The van der Waals surface area contributed by atoms with Gasteiger partial charge in [0, 0.05) is 31.4 Å². The summed E-state index contributed by atoms with van der Waals surface area (Å²) in [6, 6.07) is 3.67. The molecule has 2 aliphatic heterocycles. The Hall–Kier alpha value is -2.54. The van der Waals surface area contributed by atoms with Gasteiger partial charge in [0.15, 0.2) is 5.60 Å². The van der Waals surface area contributed by atoms with E-state index in [0.29, 0.717) is 12.8 Å². The Balaban J connectivity index is 1.30. The van der Waals surface area contributed by atoms with Gasteiger partial charge in [-0.15, -0.1) is 0 Å². The third-order valence-electron chi connectivity index (χ3n) is 5.30. The molecular weight excluding hydrogens is 320 g/mol. The molecule has 2 saturated heterocycles. The highest BCUT2D eigenvalue weighted by Gasteiger charge is 2.63. The summed E-state index contributed by atoms with van der Waals surface area (Å²) in [4.78, 5) is 27.5. The third kappa shape index (κ3) is 2.30. The summed E-state index contributed by atoms with van der Waals surface area (Å²) < 4.78 is 12.1. The van der Waals surface area contributed by atoms with E-state index < -0.39 is 5.60 Å². The molecule has 0 aromatic carbocycles. The first-order chi connectivity index (χ1) is 12.3. The predicted octanol–water partition coefficient (Wildman–Crippen LogP) is 1.87. The van der Waals surface area contributed by atoms with Crippen LogP contribution >= 0.6 is 0 Å². The molecule has 0 unspecified atom stereocenters. The first-order valence-electron chi connectivity index (χ1n) is 8.58. The largest absolute Gasteiger partial charge is 0.489 e. The Morgan fingerprint density at radius 3 is 2.80 bits per heavy atom. The Kier molecular flexibility index (Phi) is 3.24. The van der Waals surface area contributed by atoms with Gasteiger partial charge in [-0.25, -0.2) is 0 Å². The quantitative estimate of drug-likeness (QED) is 0.850. The van der Waals surface area contributed by atoms with Crippen LogP contribution in [0.2, 0.25) is 0 Å². The monoisotopic (exact) mass is 338 g/mol. The lowest BCUT2D eigenvalue weighted by atomic mass is 9.76. The number of hydrogen-bond donors (Lipinski definition) is 0. The third-order valence-corrected chi connectivity index (χ3v) is 5.30. The summed E-state index contributed by atoms with van der Waals surface area (Å²) in [5.74, 6) is 0.794. The normalized spacial score (nSPS) is 33.4. The van der Waals surface area contributed by atoms with E-state index in [1.807, 2.05) is 17.0 Å². The summed E-state index contributed by atoms with van der Waals surface area (Å²) in [5, 5.41) is 0. The van der Waals surface area contributed by atoms with E-state index >= 15 is 0 Å². The molecule has 2 aromatic heterocycles. The van der Waals surface area contributed by atoms with Crippen molar-refractivity contribution in [2.75, 3.05) is 0 Å². The smallest absolute Gasteiger partial charge is 0.257 e. The molecule has 7 nitrogen and oxygen atoms in total. The standard InChI is InChI=1S/C18H18N4O3/c23-17-18(8-13(9-18)24-12-2-1-5-19-10-12)25-16-4-3-15(22(16)17)14-11-20-6-7-21-14/h1-2,5-7,10-11,13,15-16H,3-4,8-9H2/t13?,15-,16+,18?/m0/s1. The van der Waals surface area contributed by atoms with Crippen molar-refractivity contribution in [1.29, 1.82) is 0 Å². The zero-order valence-corrected chi connectivity index (χ0v) is 13.6. The van der Waals surface area contributed by atoms with E-state index in [-0.39, 0.29) is 24.3 Å². The Morgan fingerprint density at radius 2 is 2.04 bits per heavy atom. The number of amides is 1. The van der Waals surface area contributed by atoms with Crippen LogP contribution in [0.3, 0.4) is 0 Å². The molecule has 1 saturated carbocycles. The van der Waals surface area contributed by atoms with Crippen molar-refractivity contribution in [2.45, 2.75) is 49.7 Å². The van der Waals surface area contributed by atoms with E-state index in [1.165, 1.54) is 0 Å². The molecule has 3 fully saturated rings. The van der Waals surface area contributed by atoms with Crippen molar-refractivity contribution in [3.05, 3.63) is 48.8 Å². The number of carbonyl (C=O) groups excluding carboxylic acids is 1. The fraction of sp³-hybridized carbons (Fsp3) is 0.444. The molecular formula is C18H18N4O3. The van der Waals surface area contributed by atoms with E-state index in [1.54, 1.807) is 31.0 Å². The Bertz CT molecular complexity index is 779. The minimum atomic E-state index is -0.724. The Labute approximate surface area is 145 Å². The number of fused-ring (bicyclic) bond motifs is 1. The second-order valence-electron chi connectivity index (χ2n) is 6.84. The molecule has 4 heterocycles. The van der Waals surface area contributed by atoms with Gasteiger partial charge in [0.25, 0.3) is 5.91 Å². The number of pyridine rings is 1. The lowest BCUT2D eigenvalue weighted by Gasteiger charge is -2.42. The van der Waals surface area contributed by atoms with Crippen LogP contribution < -0.4 is 4.74 Å². The van der Waals surface area contributed by atoms with Gasteiger partial charge in [-0.2, -0.15) is 0 Å². The van der Waals surface area contributed by atoms with Gasteiger partial charge in [-0.3, -0.25) is 19.7 Å². The molecule has 2 aromatic rings. The van der Waals surface area contributed by atoms with Crippen LogP contribution in [-0.4, -0.2) is 43.7 Å². The molecule has 0 N–H and O–H groups in total. The van der Waals surface area contributed by atoms with Crippen LogP contribution in [0.1, 0.15) is 37.4 Å². The minimum Gasteiger partial charge on any atom is -0.489 e. The summed E-state index contributed by atoms with van der Waals surface area (Å²) in [5.41, 5.74) is 0.111. The molecule has 128 valence electrons. The average Bonchev–Trinajstić information content (AvgIpc) is 3.15. The van der Waals surface area contributed by atoms with Gasteiger partial charge in [0.05, 0.1) is 24.1 Å². The maximum absolute atomic E-state index is 13.1.